The van der Waals surface area contributed by atoms with Crippen LogP contribution in [0.3, 0.4) is 0 Å². The van der Waals surface area contributed by atoms with Crippen LogP contribution < -0.4 is 4.74 Å². The number of rotatable bonds is 3. The number of benzene rings is 2. The van der Waals surface area contributed by atoms with Crippen molar-refractivity contribution in [1.82, 2.24) is 14.8 Å². The molecule has 0 bridgehead atoms. The average molecular weight is 332 g/mol. The molecule has 0 aliphatic rings. The van der Waals surface area contributed by atoms with Crippen molar-refractivity contribution in [2.45, 2.75) is 0 Å². The molecule has 0 amide bonds. The molecule has 1 aromatic heterocycles. The first-order valence-corrected chi connectivity index (χ1v) is 7.04. The van der Waals surface area contributed by atoms with Gasteiger partial charge in [0.05, 0.1) is 17.7 Å². The molecule has 0 N–H and O–H groups in total. The molecule has 0 atom stereocenters. The molecule has 1 heterocycles. The van der Waals surface area contributed by atoms with E-state index in [9.17, 15) is 9.18 Å². The van der Waals surface area contributed by atoms with Crippen molar-refractivity contribution < 1.29 is 13.9 Å². The molecule has 0 unspecified atom stereocenters. The van der Waals surface area contributed by atoms with Crippen molar-refractivity contribution in [2.24, 2.45) is 0 Å². The van der Waals surface area contributed by atoms with Gasteiger partial charge in [-0.15, -0.1) is 5.10 Å². The van der Waals surface area contributed by atoms with Gasteiger partial charge >= 0.3 is 6.01 Å². The van der Waals surface area contributed by atoms with Crippen LogP contribution in [0, 0.1) is 5.82 Å². The largest absolute Gasteiger partial charge is 0.466 e. The molecule has 2 aromatic carbocycles. The summed E-state index contributed by atoms with van der Waals surface area (Å²) < 4.78 is 19.5. The number of methoxy groups -OCH3 is 1. The molecule has 3 rings (SSSR count). The van der Waals surface area contributed by atoms with Gasteiger partial charge in [0.15, 0.2) is 5.82 Å². The normalized spacial score (nSPS) is 10.6. The Kier molecular flexibility index (Phi) is 4.08. The maximum atomic E-state index is 13.5. The van der Waals surface area contributed by atoms with Crippen LogP contribution in [-0.2, 0) is 0 Å². The highest BCUT2D eigenvalue weighted by Crippen LogP contribution is 2.23. The Labute approximate surface area is 136 Å². The van der Waals surface area contributed by atoms with Crippen molar-refractivity contribution in [1.29, 1.82) is 0 Å². The molecule has 0 radical (unpaired) electrons. The van der Waals surface area contributed by atoms with Crippen LogP contribution in [0.1, 0.15) is 10.4 Å². The predicted octanol–water partition coefficient (Wildman–Crippen LogP) is 3.43. The van der Waals surface area contributed by atoms with Gasteiger partial charge in [-0.1, -0.05) is 35.9 Å². The molecule has 7 heteroatoms. The molecule has 0 aliphatic carbocycles. The number of carbonyl (C=O) groups excluding carboxylic acids is 1. The summed E-state index contributed by atoms with van der Waals surface area (Å²) in [5.41, 5.74) is 0.667. The number of ether oxygens (including phenoxy) is 1. The summed E-state index contributed by atoms with van der Waals surface area (Å²) >= 11 is 6.06. The quantitative estimate of drug-likeness (QED) is 0.737. The minimum Gasteiger partial charge on any atom is -0.466 e. The van der Waals surface area contributed by atoms with Crippen LogP contribution in [0.15, 0.2) is 48.5 Å². The van der Waals surface area contributed by atoms with E-state index in [0.29, 0.717) is 5.56 Å². The van der Waals surface area contributed by atoms with E-state index >= 15 is 0 Å². The zero-order valence-corrected chi connectivity index (χ0v) is 12.8. The van der Waals surface area contributed by atoms with Crippen molar-refractivity contribution in [3.8, 4) is 17.4 Å². The molecule has 0 saturated carbocycles. The van der Waals surface area contributed by atoms with E-state index in [1.807, 2.05) is 0 Å². The molecular weight excluding hydrogens is 321 g/mol. The Balaban J connectivity index is 2.14. The number of hydrogen-bond acceptors (Lipinski definition) is 4. The average Bonchev–Trinajstić information content (AvgIpc) is 2.99. The highest BCUT2D eigenvalue weighted by molar-refractivity contribution is 6.33. The van der Waals surface area contributed by atoms with E-state index in [1.54, 1.807) is 30.3 Å². The van der Waals surface area contributed by atoms with Crippen LogP contribution in [-0.4, -0.2) is 27.8 Å². The molecule has 5 nitrogen and oxygen atoms in total. The lowest BCUT2D eigenvalue weighted by Crippen LogP contribution is -2.15. The molecule has 3 aromatic rings. The molecule has 23 heavy (non-hydrogen) atoms. The maximum absolute atomic E-state index is 13.5. The molecule has 0 spiro atoms. The number of hydrogen-bond donors (Lipinski definition) is 0. The maximum Gasteiger partial charge on any atom is 0.336 e. The third kappa shape index (κ3) is 2.93. The summed E-state index contributed by atoms with van der Waals surface area (Å²) in [5, 5.41) is 4.29. The number of nitrogens with zero attached hydrogens (tertiary/aromatic N) is 3. The lowest BCUT2D eigenvalue weighted by atomic mass is 10.2. The summed E-state index contributed by atoms with van der Waals surface area (Å²) in [7, 11) is 1.38. The van der Waals surface area contributed by atoms with Crippen LogP contribution in [0.2, 0.25) is 5.02 Å². The molecule has 0 saturated heterocycles. The van der Waals surface area contributed by atoms with Crippen LogP contribution in [0.4, 0.5) is 4.39 Å². The number of halogens is 2. The van der Waals surface area contributed by atoms with E-state index in [1.165, 1.54) is 25.3 Å². The van der Waals surface area contributed by atoms with Gasteiger partial charge in [-0.25, -0.2) is 4.39 Å². The van der Waals surface area contributed by atoms with Gasteiger partial charge in [-0.05, 0) is 24.3 Å². The SMILES string of the molecule is COc1nc(-c2cccc(F)c2)n(C(=O)c2ccccc2Cl)n1. The van der Waals surface area contributed by atoms with Crippen molar-refractivity contribution in [2.75, 3.05) is 7.11 Å². The van der Waals surface area contributed by atoms with Crippen molar-refractivity contribution in [3.05, 3.63) is 64.9 Å². The van der Waals surface area contributed by atoms with Gasteiger partial charge < -0.3 is 4.74 Å². The standard InChI is InChI=1S/C16H11ClFN3O2/c1-23-16-19-14(10-5-4-6-11(18)9-10)21(20-16)15(22)12-7-2-3-8-13(12)17/h2-9H,1H3. The molecule has 0 fully saturated rings. The Morgan fingerprint density at radius 3 is 2.70 bits per heavy atom. The van der Waals surface area contributed by atoms with Gasteiger partial charge in [0.25, 0.3) is 5.91 Å². The Morgan fingerprint density at radius 2 is 2.00 bits per heavy atom. The van der Waals surface area contributed by atoms with E-state index in [2.05, 4.69) is 10.1 Å². The fourth-order valence-electron chi connectivity index (χ4n) is 2.08. The number of carbonyl (C=O) groups is 1. The summed E-state index contributed by atoms with van der Waals surface area (Å²) in [4.78, 5) is 16.8. The summed E-state index contributed by atoms with van der Waals surface area (Å²) in [6.45, 7) is 0. The fourth-order valence-corrected chi connectivity index (χ4v) is 2.30. The van der Waals surface area contributed by atoms with E-state index in [-0.39, 0.29) is 22.4 Å². The lowest BCUT2D eigenvalue weighted by Gasteiger charge is -2.06. The van der Waals surface area contributed by atoms with E-state index in [4.69, 9.17) is 16.3 Å². The Hall–Kier alpha value is -2.73. The predicted molar refractivity (Wildman–Crippen MR) is 83.1 cm³/mol. The summed E-state index contributed by atoms with van der Waals surface area (Å²) in [6, 6.07) is 12.3. The monoisotopic (exact) mass is 331 g/mol. The van der Waals surface area contributed by atoms with E-state index in [0.717, 1.165) is 4.68 Å². The second-order valence-corrected chi connectivity index (χ2v) is 5.04. The second-order valence-electron chi connectivity index (χ2n) is 4.63. The minimum atomic E-state index is -0.481. The Bertz CT molecular complexity index is 879. The van der Waals surface area contributed by atoms with Crippen LogP contribution in [0.5, 0.6) is 6.01 Å². The van der Waals surface area contributed by atoms with Crippen LogP contribution >= 0.6 is 11.6 Å². The molecule has 116 valence electrons. The minimum absolute atomic E-state index is 0.00432. The highest BCUT2D eigenvalue weighted by atomic mass is 35.5. The zero-order valence-electron chi connectivity index (χ0n) is 12.0. The third-order valence-electron chi connectivity index (χ3n) is 3.15. The van der Waals surface area contributed by atoms with Crippen molar-refractivity contribution in [3.63, 3.8) is 0 Å². The topological polar surface area (TPSA) is 57.0 Å². The smallest absolute Gasteiger partial charge is 0.336 e. The van der Waals surface area contributed by atoms with Gasteiger partial charge in [0.1, 0.15) is 5.82 Å². The summed E-state index contributed by atoms with van der Waals surface area (Å²) in [5.74, 6) is -0.752. The Morgan fingerprint density at radius 1 is 1.22 bits per heavy atom. The first-order valence-electron chi connectivity index (χ1n) is 6.66. The number of aromatic nitrogens is 3. The second kappa shape index (κ2) is 6.18. The fraction of sp³-hybridized carbons (Fsp3) is 0.0625. The summed E-state index contributed by atoms with van der Waals surface area (Å²) in [6.07, 6.45) is 0. The van der Waals surface area contributed by atoms with Gasteiger partial charge in [0, 0.05) is 5.56 Å². The lowest BCUT2D eigenvalue weighted by molar-refractivity contribution is 0.0945. The molecular formula is C16H11ClFN3O2. The highest BCUT2D eigenvalue weighted by Gasteiger charge is 2.21. The van der Waals surface area contributed by atoms with E-state index < -0.39 is 11.7 Å². The molecule has 0 aliphatic heterocycles. The third-order valence-corrected chi connectivity index (χ3v) is 3.48. The van der Waals surface area contributed by atoms with Crippen molar-refractivity contribution >= 4 is 17.5 Å². The first kappa shape index (κ1) is 15.2. The zero-order chi connectivity index (χ0) is 16.4. The van der Waals surface area contributed by atoms with Gasteiger partial charge in [0.2, 0.25) is 0 Å². The van der Waals surface area contributed by atoms with Crippen LogP contribution in [0.25, 0.3) is 11.4 Å². The first-order chi connectivity index (χ1) is 11.1. The van der Waals surface area contributed by atoms with Gasteiger partial charge in [-0.2, -0.15) is 9.67 Å². The van der Waals surface area contributed by atoms with Gasteiger partial charge in [-0.3, -0.25) is 4.79 Å².